The zero-order valence-corrected chi connectivity index (χ0v) is 15.2. The van der Waals surface area contributed by atoms with Gasteiger partial charge in [0.25, 0.3) is 20.2 Å². The van der Waals surface area contributed by atoms with Crippen LogP contribution >= 0.6 is 0 Å². The lowest BCUT2D eigenvalue weighted by Crippen LogP contribution is -2.30. The third-order valence-corrected chi connectivity index (χ3v) is 2.12. The van der Waals surface area contributed by atoms with E-state index < -0.39 is 20.2 Å². The van der Waals surface area contributed by atoms with Crippen molar-refractivity contribution in [3.05, 3.63) is 59.9 Å². The van der Waals surface area contributed by atoms with E-state index in [1.54, 1.807) is 6.20 Å². The molecule has 11 heteroatoms. The second kappa shape index (κ2) is 10.6. The van der Waals surface area contributed by atoms with Gasteiger partial charge in [-0.25, -0.2) is 4.79 Å². The van der Waals surface area contributed by atoms with Crippen molar-refractivity contribution in [1.82, 2.24) is 10.6 Å². The fourth-order valence-electron chi connectivity index (χ4n) is 1.43. The van der Waals surface area contributed by atoms with E-state index in [1.807, 2.05) is 42.5 Å². The quantitative estimate of drug-likeness (QED) is 0.547. The van der Waals surface area contributed by atoms with Crippen LogP contribution in [-0.2, 0) is 26.7 Å². The van der Waals surface area contributed by atoms with Gasteiger partial charge in [-0.3, -0.25) is 9.11 Å². The zero-order valence-electron chi connectivity index (χ0n) is 13.6. The molecule has 0 fully saturated rings. The monoisotopic (exact) mass is 392 g/mol. The van der Waals surface area contributed by atoms with Crippen LogP contribution in [0.2, 0.25) is 0 Å². The van der Waals surface area contributed by atoms with E-state index in [4.69, 9.17) is 9.11 Å². The molecule has 0 unspecified atom stereocenters. The lowest BCUT2D eigenvalue weighted by Gasteiger charge is -2.07. The predicted molar refractivity (Wildman–Crippen MR) is 94.0 cm³/mol. The lowest BCUT2D eigenvalue weighted by molar-refractivity contribution is 0.246. The molecule has 1 aliphatic heterocycles. The second-order valence-corrected chi connectivity index (χ2v) is 7.71. The Morgan fingerprint density at radius 1 is 0.960 bits per heavy atom. The number of amides is 2. The van der Waals surface area contributed by atoms with E-state index in [0.717, 1.165) is 12.1 Å². The average Bonchev–Trinajstić information content (AvgIpc) is 2.60. The third kappa shape index (κ3) is 19.7. The summed E-state index contributed by atoms with van der Waals surface area (Å²) in [5.74, 6) is 0. The van der Waals surface area contributed by atoms with Gasteiger partial charge in [0, 0.05) is 18.3 Å². The molecule has 1 aromatic carbocycles. The summed E-state index contributed by atoms with van der Waals surface area (Å²) in [6.45, 7) is 0. The van der Waals surface area contributed by atoms with Crippen LogP contribution < -0.4 is 10.6 Å². The van der Waals surface area contributed by atoms with Crippen LogP contribution in [-0.4, -0.2) is 44.5 Å². The first-order valence-electron chi connectivity index (χ1n) is 6.66. The molecule has 0 atom stereocenters. The minimum atomic E-state index is -3.67. The van der Waals surface area contributed by atoms with Gasteiger partial charge < -0.3 is 10.6 Å². The zero-order chi connectivity index (χ0) is 19.5. The van der Waals surface area contributed by atoms with Crippen molar-refractivity contribution < 1.29 is 30.7 Å². The van der Waals surface area contributed by atoms with Crippen molar-refractivity contribution in [2.45, 2.75) is 6.42 Å². The van der Waals surface area contributed by atoms with Crippen LogP contribution in [0.5, 0.6) is 0 Å². The van der Waals surface area contributed by atoms with Gasteiger partial charge in [0.05, 0.1) is 12.5 Å². The van der Waals surface area contributed by atoms with Crippen molar-refractivity contribution in [1.29, 1.82) is 0 Å². The van der Waals surface area contributed by atoms with Gasteiger partial charge in [-0.15, -0.1) is 0 Å². The highest BCUT2D eigenvalue weighted by atomic mass is 32.2. The number of carbonyl (C=O) groups is 1. The molecule has 1 heterocycles. The van der Waals surface area contributed by atoms with Gasteiger partial charge in [-0.1, -0.05) is 30.3 Å². The Kier molecular flexibility index (Phi) is 9.67. The van der Waals surface area contributed by atoms with Crippen molar-refractivity contribution in [2.24, 2.45) is 0 Å². The first kappa shape index (κ1) is 22.8. The fraction of sp³-hybridized carbons (Fsp3) is 0.214. The number of benzene rings is 1. The van der Waals surface area contributed by atoms with E-state index in [1.165, 1.54) is 5.56 Å². The van der Waals surface area contributed by atoms with Crippen molar-refractivity contribution in [3.63, 3.8) is 0 Å². The topological polar surface area (TPSA) is 150 Å². The molecule has 0 aliphatic carbocycles. The van der Waals surface area contributed by atoms with Gasteiger partial charge in [0.15, 0.2) is 0 Å². The number of carbonyl (C=O) groups excluding carboxylic acids is 1. The van der Waals surface area contributed by atoms with Crippen molar-refractivity contribution in [3.8, 4) is 0 Å². The minimum Gasteiger partial charge on any atom is -0.314 e. The first-order chi connectivity index (χ1) is 11.3. The Morgan fingerprint density at radius 2 is 1.44 bits per heavy atom. The van der Waals surface area contributed by atoms with E-state index in [2.05, 4.69) is 10.6 Å². The summed E-state index contributed by atoms with van der Waals surface area (Å²) < 4.78 is 51.7. The highest BCUT2D eigenvalue weighted by Crippen LogP contribution is 2.06. The third-order valence-electron chi connectivity index (χ3n) is 2.12. The molecule has 0 radical (unpaired) electrons. The summed E-state index contributed by atoms with van der Waals surface area (Å²) in [5, 5.41) is 5.35. The molecule has 1 aromatic rings. The lowest BCUT2D eigenvalue weighted by atomic mass is 10.1. The average molecular weight is 392 g/mol. The summed E-state index contributed by atoms with van der Waals surface area (Å²) >= 11 is 0. The van der Waals surface area contributed by atoms with Gasteiger partial charge in [-0.2, -0.15) is 16.8 Å². The fourth-order valence-corrected chi connectivity index (χ4v) is 1.43. The molecule has 25 heavy (non-hydrogen) atoms. The summed E-state index contributed by atoms with van der Waals surface area (Å²) in [4.78, 5) is 11.2. The molecule has 4 N–H and O–H groups in total. The number of urea groups is 1. The molecule has 0 saturated heterocycles. The molecule has 140 valence electrons. The van der Waals surface area contributed by atoms with E-state index in [0.29, 0.717) is 12.5 Å². The molecule has 9 nitrogen and oxygen atoms in total. The standard InChI is InChI=1S/C12H12N2O.2CH4O3S/c15-12-13-8-4-7-11(14-12)9-10-5-2-1-3-6-10;2*1-5(2,3)4/h1-8H,9H2,(H2,13,14,15);2*1H3,(H,2,3,4). The van der Waals surface area contributed by atoms with Gasteiger partial charge >= 0.3 is 6.03 Å². The SMILES string of the molecule is CS(=O)(=O)O.CS(=O)(=O)O.O=C1NC=CC=C(Cc2ccccc2)N1. The summed E-state index contributed by atoms with van der Waals surface area (Å²) in [7, 11) is -7.33. The highest BCUT2D eigenvalue weighted by molar-refractivity contribution is 7.85. The van der Waals surface area contributed by atoms with Crippen molar-refractivity contribution in [2.75, 3.05) is 12.5 Å². The van der Waals surface area contributed by atoms with E-state index in [9.17, 15) is 21.6 Å². The van der Waals surface area contributed by atoms with Crippen LogP contribution in [0.4, 0.5) is 4.79 Å². The summed E-state index contributed by atoms with van der Waals surface area (Å²) in [6.07, 6.45) is 7.49. The van der Waals surface area contributed by atoms with E-state index >= 15 is 0 Å². The molecule has 2 rings (SSSR count). The molecular weight excluding hydrogens is 372 g/mol. The molecule has 0 saturated carbocycles. The minimum absolute atomic E-state index is 0.189. The maximum absolute atomic E-state index is 11.2. The Balaban J connectivity index is 0.000000480. The summed E-state index contributed by atoms with van der Waals surface area (Å²) in [6, 6.07) is 9.84. The Hall–Kier alpha value is -2.21. The molecule has 0 bridgehead atoms. The molecule has 2 amide bonds. The van der Waals surface area contributed by atoms with E-state index in [-0.39, 0.29) is 6.03 Å². The molecular formula is C14H20N2O7S2. The van der Waals surface area contributed by atoms with Crippen LogP contribution in [0.25, 0.3) is 0 Å². The van der Waals surface area contributed by atoms with Crippen LogP contribution in [0, 0.1) is 0 Å². The second-order valence-electron chi connectivity index (χ2n) is 4.78. The number of hydrogen-bond donors (Lipinski definition) is 4. The van der Waals surface area contributed by atoms with Gasteiger partial charge in [0.1, 0.15) is 0 Å². The highest BCUT2D eigenvalue weighted by Gasteiger charge is 2.05. The molecule has 0 spiro atoms. The van der Waals surface area contributed by atoms with Gasteiger partial charge in [-0.05, 0) is 17.7 Å². The number of rotatable bonds is 2. The van der Waals surface area contributed by atoms with Crippen LogP contribution in [0.3, 0.4) is 0 Å². The Morgan fingerprint density at radius 3 is 1.92 bits per heavy atom. The van der Waals surface area contributed by atoms with Crippen LogP contribution in [0.15, 0.2) is 54.4 Å². The molecule has 0 aromatic heterocycles. The largest absolute Gasteiger partial charge is 0.322 e. The van der Waals surface area contributed by atoms with Crippen LogP contribution in [0.1, 0.15) is 5.56 Å². The van der Waals surface area contributed by atoms with Crippen molar-refractivity contribution >= 4 is 26.3 Å². The number of hydrogen-bond acceptors (Lipinski definition) is 5. The van der Waals surface area contributed by atoms with Gasteiger partial charge in [0.2, 0.25) is 0 Å². The number of nitrogens with one attached hydrogen (secondary N) is 2. The number of allylic oxidation sites excluding steroid dienone is 3. The molecule has 1 aliphatic rings. The maximum atomic E-state index is 11.2. The normalized spacial score (nSPS) is 13.6. The maximum Gasteiger partial charge on any atom is 0.322 e. The first-order valence-corrected chi connectivity index (χ1v) is 10.4. The summed E-state index contributed by atoms with van der Waals surface area (Å²) in [5.41, 5.74) is 2.08. The Labute approximate surface area is 146 Å². The predicted octanol–water partition coefficient (Wildman–Crippen LogP) is 0.947. The Bertz CT molecular complexity index is 768. The smallest absolute Gasteiger partial charge is 0.314 e.